The Morgan fingerprint density at radius 3 is 2.60 bits per heavy atom. The Labute approximate surface area is 237 Å². The number of nitrogens with zero attached hydrogens (tertiary/aromatic N) is 5. The molecule has 0 radical (unpaired) electrons. The van der Waals surface area contributed by atoms with Crippen molar-refractivity contribution in [1.82, 2.24) is 20.2 Å². The first-order valence-corrected chi connectivity index (χ1v) is 14.9. The van der Waals surface area contributed by atoms with Crippen LogP contribution in [0.4, 0.5) is 5.69 Å². The van der Waals surface area contributed by atoms with E-state index >= 15 is 0 Å². The van der Waals surface area contributed by atoms with Gasteiger partial charge in [0, 0.05) is 66.2 Å². The number of pyridine rings is 2. The van der Waals surface area contributed by atoms with Crippen molar-refractivity contribution >= 4 is 23.3 Å². The van der Waals surface area contributed by atoms with Crippen LogP contribution >= 0.6 is 0 Å². The number of piperidine rings is 1. The van der Waals surface area contributed by atoms with Gasteiger partial charge in [-0.3, -0.25) is 19.5 Å². The van der Waals surface area contributed by atoms with Crippen LogP contribution in [0.5, 0.6) is 5.88 Å². The molecule has 0 bridgehead atoms. The molecule has 9 nitrogen and oxygen atoms in total. The monoisotopic (exact) mass is 546 g/mol. The van der Waals surface area contributed by atoms with Crippen molar-refractivity contribution in [1.29, 1.82) is 0 Å². The van der Waals surface area contributed by atoms with Crippen LogP contribution in [0.15, 0.2) is 35.6 Å². The summed E-state index contributed by atoms with van der Waals surface area (Å²) in [6.07, 6.45) is 11.2. The number of fused-ring (bicyclic) bond motifs is 1. The molecule has 1 N–H and O–H groups in total. The van der Waals surface area contributed by atoms with Crippen molar-refractivity contribution in [3.63, 3.8) is 0 Å². The molecule has 40 heavy (non-hydrogen) atoms. The predicted octanol–water partition coefficient (Wildman–Crippen LogP) is 4.33. The van der Waals surface area contributed by atoms with E-state index in [0.29, 0.717) is 24.5 Å². The number of likely N-dealkylation sites (tertiary alicyclic amines) is 1. The van der Waals surface area contributed by atoms with Gasteiger partial charge in [-0.15, -0.1) is 0 Å². The molecule has 0 aromatic carbocycles. The third-order valence-corrected chi connectivity index (χ3v) is 8.17. The van der Waals surface area contributed by atoms with Crippen LogP contribution in [-0.4, -0.2) is 70.8 Å². The topological polar surface area (TPSA) is 100 Å². The predicted molar refractivity (Wildman–Crippen MR) is 156 cm³/mol. The van der Waals surface area contributed by atoms with Gasteiger partial charge in [-0.1, -0.05) is 6.42 Å². The van der Waals surface area contributed by atoms with E-state index in [1.165, 1.54) is 19.3 Å². The van der Waals surface area contributed by atoms with E-state index < -0.39 is 0 Å². The molecule has 2 aromatic heterocycles. The van der Waals surface area contributed by atoms with Crippen molar-refractivity contribution in [2.45, 2.75) is 84.2 Å². The molecule has 1 saturated carbocycles. The van der Waals surface area contributed by atoms with Crippen LogP contribution in [0.1, 0.15) is 80.4 Å². The minimum absolute atomic E-state index is 0.0219. The molecule has 1 aliphatic carbocycles. The van der Waals surface area contributed by atoms with Crippen molar-refractivity contribution < 1.29 is 14.3 Å². The van der Waals surface area contributed by atoms with Crippen LogP contribution in [0, 0.1) is 12.8 Å². The van der Waals surface area contributed by atoms with E-state index in [4.69, 9.17) is 4.74 Å². The maximum atomic E-state index is 13.2. The lowest BCUT2D eigenvalue weighted by Gasteiger charge is -2.36. The van der Waals surface area contributed by atoms with E-state index in [1.807, 2.05) is 33.0 Å². The van der Waals surface area contributed by atoms with Crippen molar-refractivity contribution in [2.24, 2.45) is 10.9 Å². The number of hydrogen-bond donors (Lipinski definition) is 1. The highest BCUT2D eigenvalue weighted by Crippen LogP contribution is 2.38. The quantitative estimate of drug-likeness (QED) is 0.526. The maximum absolute atomic E-state index is 13.2. The summed E-state index contributed by atoms with van der Waals surface area (Å²) in [6.45, 7) is 9.63. The standard InChI is InChI=1S/C31H42N6O3/c1-21(2)34-30(38)23-7-9-26(10-8-23)37-27-19-29(40-16-15-36-13-5-4-6-14-36)33-20-25(27)18-28(37)35-31(39)24-11-12-32-22(3)17-24/h11-12,17,19-21,23,26H,4-10,13-16,18H2,1-3H3,(H,34,38). The molecule has 0 unspecified atom stereocenters. The number of amides is 2. The first-order chi connectivity index (χ1) is 19.4. The molecule has 2 amide bonds. The van der Waals surface area contributed by atoms with E-state index in [0.717, 1.165) is 68.1 Å². The smallest absolute Gasteiger partial charge is 0.278 e. The number of carbonyl (C=O) groups excluding carboxylic acids is 2. The molecule has 214 valence electrons. The zero-order chi connectivity index (χ0) is 28.1. The number of anilines is 1. The molecule has 2 fully saturated rings. The van der Waals surface area contributed by atoms with Crippen LogP contribution in [-0.2, 0) is 11.2 Å². The second kappa shape index (κ2) is 12.9. The van der Waals surface area contributed by atoms with Crippen molar-refractivity contribution in [2.75, 3.05) is 31.1 Å². The first-order valence-electron chi connectivity index (χ1n) is 14.9. The van der Waals surface area contributed by atoms with E-state index in [-0.39, 0.29) is 29.8 Å². The number of aliphatic imine (C=N–C) groups is 1. The molecule has 0 atom stereocenters. The molecule has 9 heteroatoms. The minimum Gasteiger partial charge on any atom is -0.476 e. The first kappa shape index (κ1) is 28.2. The van der Waals surface area contributed by atoms with Crippen LogP contribution in [0.25, 0.3) is 0 Å². The second-order valence-corrected chi connectivity index (χ2v) is 11.6. The van der Waals surface area contributed by atoms with Gasteiger partial charge in [0.05, 0.1) is 5.69 Å². The van der Waals surface area contributed by atoms with Gasteiger partial charge in [0.2, 0.25) is 11.8 Å². The fourth-order valence-corrected chi connectivity index (χ4v) is 6.11. The average molecular weight is 547 g/mol. The SMILES string of the molecule is Cc1cc(C(=O)N=C2Cc3cnc(OCCN4CCCCC4)cc3N2C2CCC(C(=O)NC(C)C)CC2)ccn1. The largest absolute Gasteiger partial charge is 0.476 e. The number of nitrogens with one attached hydrogen (secondary N) is 1. The highest BCUT2D eigenvalue weighted by molar-refractivity contribution is 6.12. The maximum Gasteiger partial charge on any atom is 0.278 e. The number of ether oxygens (including phenoxy) is 1. The van der Waals surface area contributed by atoms with Gasteiger partial charge in [-0.25, -0.2) is 4.98 Å². The van der Waals surface area contributed by atoms with E-state index in [1.54, 1.807) is 18.3 Å². The number of rotatable bonds is 8. The summed E-state index contributed by atoms with van der Waals surface area (Å²) in [7, 11) is 0. The van der Waals surface area contributed by atoms with Gasteiger partial charge in [0.15, 0.2) is 0 Å². The second-order valence-electron chi connectivity index (χ2n) is 11.6. The Morgan fingerprint density at radius 1 is 1.10 bits per heavy atom. The molecule has 1 saturated heterocycles. The molecule has 2 aliphatic heterocycles. The Morgan fingerprint density at radius 2 is 1.88 bits per heavy atom. The van der Waals surface area contributed by atoms with Crippen LogP contribution in [0.3, 0.4) is 0 Å². The zero-order valence-electron chi connectivity index (χ0n) is 24.1. The molecular formula is C31H42N6O3. The number of aryl methyl sites for hydroxylation is 1. The fourth-order valence-electron chi connectivity index (χ4n) is 6.11. The van der Waals surface area contributed by atoms with E-state index in [9.17, 15) is 9.59 Å². The lowest BCUT2D eigenvalue weighted by molar-refractivity contribution is -0.126. The summed E-state index contributed by atoms with van der Waals surface area (Å²) < 4.78 is 6.11. The Hall–Kier alpha value is -3.33. The molecular weight excluding hydrogens is 504 g/mol. The molecule has 2 aromatic rings. The number of aromatic nitrogens is 2. The third kappa shape index (κ3) is 6.86. The summed E-state index contributed by atoms with van der Waals surface area (Å²) in [5.41, 5.74) is 3.37. The van der Waals surface area contributed by atoms with Gasteiger partial charge in [0.1, 0.15) is 12.4 Å². The molecule has 4 heterocycles. The Kier molecular flexibility index (Phi) is 9.09. The summed E-state index contributed by atoms with van der Waals surface area (Å²) in [5, 5.41) is 3.07. The van der Waals surface area contributed by atoms with Gasteiger partial charge in [-0.2, -0.15) is 4.99 Å². The van der Waals surface area contributed by atoms with Gasteiger partial charge >= 0.3 is 0 Å². The average Bonchev–Trinajstić information content (AvgIpc) is 3.30. The molecule has 0 spiro atoms. The normalized spacial score (nSPS) is 22.4. The number of carbonyl (C=O) groups is 2. The number of hydrogen-bond acceptors (Lipinski definition) is 6. The highest BCUT2D eigenvalue weighted by Gasteiger charge is 2.36. The lowest BCUT2D eigenvalue weighted by Crippen LogP contribution is -2.44. The molecule has 5 rings (SSSR count). The lowest BCUT2D eigenvalue weighted by atomic mass is 9.84. The van der Waals surface area contributed by atoms with Crippen LogP contribution < -0.4 is 15.0 Å². The van der Waals surface area contributed by atoms with E-state index in [2.05, 4.69) is 30.1 Å². The third-order valence-electron chi connectivity index (χ3n) is 8.17. The van der Waals surface area contributed by atoms with Crippen molar-refractivity contribution in [3.05, 3.63) is 47.4 Å². The van der Waals surface area contributed by atoms with Crippen LogP contribution in [0.2, 0.25) is 0 Å². The highest BCUT2D eigenvalue weighted by atomic mass is 16.5. The summed E-state index contributed by atoms with van der Waals surface area (Å²) in [6, 6.07) is 5.77. The fraction of sp³-hybridized carbons (Fsp3) is 0.581. The minimum atomic E-state index is -0.269. The summed E-state index contributed by atoms with van der Waals surface area (Å²) in [5.74, 6) is 1.23. The summed E-state index contributed by atoms with van der Waals surface area (Å²) in [4.78, 5) is 44.0. The van der Waals surface area contributed by atoms with Gasteiger partial charge in [0.25, 0.3) is 5.91 Å². The van der Waals surface area contributed by atoms with Gasteiger partial charge < -0.3 is 15.0 Å². The summed E-state index contributed by atoms with van der Waals surface area (Å²) >= 11 is 0. The van der Waals surface area contributed by atoms with Gasteiger partial charge in [-0.05, 0) is 84.5 Å². The molecule has 3 aliphatic rings. The van der Waals surface area contributed by atoms with Crippen molar-refractivity contribution in [3.8, 4) is 5.88 Å². The Bertz CT molecular complexity index is 1230. The number of amidine groups is 1. The Balaban J connectivity index is 1.34. The zero-order valence-corrected chi connectivity index (χ0v) is 24.1.